The molecule has 4 heteroatoms. The molecule has 0 spiro atoms. The molecule has 0 rings (SSSR count). The first-order valence-electron chi connectivity index (χ1n) is 2.82. The van der Waals surface area contributed by atoms with Crippen LogP contribution in [0.3, 0.4) is 0 Å². The fraction of sp³-hybridized carbons (Fsp3) is 0.667. The minimum Gasteiger partial charge on any atom is -0.344 e. The van der Waals surface area contributed by atoms with Crippen molar-refractivity contribution in [3.8, 4) is 6.19 Å². The van der Waals surface area contributed by atoms with Crippen LogP contribution in [0.5, 0.6) is 0 Å². The van der Waals surface area contributed by atoms with E-state index < -0.39 is 0 Å². The highest BCUT2D eigenvalue weighted by atomic mass is 16.1. The Hall–Kier alpha value is -1.08. The Labute approximate surface area is 61.0 Å². The molecule has 10 heavy (non-hydrogen) atoms. The molecule has 3 N–H and O–H groups in total. The lowest BCUT2D eigenvalue weighted by atomic mass is 10.2. The molecule has 0 radical (unpaired) electrons. The number of amides is 1. The van der Waals surface area contributed by atoms with Gasteiger partial charge in [0, 0.05) is 6.54 Å². The zero-order chi connectivity index (χ0) is 7.28. The summed E-state index contributed by atoms with van der Waals surface area (Å²) in [5.41, 5.74) is 0. The zero-order valence-electron chi connectivity index (χ0n) is 6.37. The Morgan fingerprint density at radius 1 is 1.70 bits per heavy atom. The van der Waals surface area contributed by atoms with Gasteiger partial charge >= 0.3 is 0 Å². The summed E-state index contributed by atoms with van der Waals surface area (Å²) in [5.74, 6) is 0.356. The van der Waals surface area contributed by atoms with Gasteiger partial charge in [-0.15, -0.1) is 0 Å². The third-order valence-corrected chi connectivity index (χ3v) is 0.818. The van der Waals surface area contributed by atoms with Crippen molar-refractivity contribution in [2.75, 3.05) is 6.54 Å². The maximum absolute atomic E-state index is 9.98. The molecule has 4 nitrogen and oxygen atoms in total. The highest BCUT2D eigenvalue weighted by Crippen LogP contribution is 1.92. The van der Waals surface area contributed by atoms with E-state index in [0.29, 0.717) is 18.9 Å². The predicted octanol–water partition coefficient (Wildman–Crippen LogP) is 0.744. The first-order chi connectivity index (χ1) is 4.20. The van der Waals surface area contributed by atoms with E-state index in [1.807, 2.05) is 13.8 Å². The van der Waals surface area contributed by atoms with Crippen molar-refractivity contribution in [1.82, 2.24) is 11.1 Å². The van der Waals surface area contributed by atoms with Crippen molar-refractivity contribution in [3.63, 3.8) is 0 Å². The van der Waals surface area contributed by atoms with Gasteiger partial charge in [-0.05, 0) is 5.92 Å². The molecule has 0 aromatic carbocycles. The molecule has 0 aromatic heterocycles. The molecular formula is C6H13N3O. The van der Waals surface area contributed by atoms with Crippen molar-refractivity contribution < 1.29 is 4.79 Å². The van der Waals surface area contributed by atoms with Gasteiger partial charge in [0.05, 0.1) is 0 Å². The third kappa shape index (κ3) is 5.06. The predicted molar refractivity (Wildman–Crippen MR) is 38.2 cm³/mol. The van der Waals surface area contributed by atoms with Crippen LogP contribution in [0, 0.1) is 17.4 Å². The lowest BCUT2D eigenvalue weighted by Crippen LogP contribution is -2.20. The number of hydrogen-bond acceptors (Lipinski definition) is 3. The monoisotopic (exact) mass is 143 g/mol. The van der Waals surface area contributed by atoms with Crippen molar-refractivity contribution in [2.24, 2.45) is 5.92 Å². The summed E-state index contributed by atoms with van der Waals surface area (Å²) < 4.78 is 0. The van der Waals surface area contributed by atoms with Crippen LogP contribution in [0.15, 0.2) is 0 Å². The first kappa shape index (κ1) is 11.7. The molecule has 0 aliphatic rings. The van der Waals surface area contributed by atoms with E-state index in [0.717, 1.165) is 4.90 Å². The minimum atomic E-state index is 0. The fourth-order valence-electron chi connectivity index (χ4n) is 0.501. The molecule has 0 unspecified atom stereocenters. The minimum absolute atomic E-state index is 0. The molecule has 0 heterocycles. The van der Waals surface area contributed by atoms with Crippen molar-refractivity contribution in [3.05, 3.63) is 0 Å². The highest BCUT2D eigenvalue weighted by molar-refractivity contribution is 5.49. The van der Waals surface area contributed by atoms with Gasteiger partial charge in [-0.1, -0.05) is 13.8 Å². The van der Waals surface area contributed by atoms with E-state index in [1.165, 1.54) is 0 Å². The third-order valence-electron chi connectivity index (χ3n) is 0.818. The summed E-state index contributed by atoms with van der Waals surface area (Å²) in [6.45, 7) is 4.42. The molecule has 0 fully saturated rings. The molecule has 58 valence electrons. The Morgan fingerprint density at radius 3 is 2.30 bits per heavy atom. The summed E-state index contributed by atoms with van der Waals surface area (Å²) in [5, 5.41) is 8.22. The van der Waals surface area contributed by atoms with Crippen LogP contribution in [0.2, 0.25) is 0 Å². The lowest BCUT2D eigenvalue weighted by molar-refractivity contribution is -0.115. The SMILES string of the molecule is CC(C)CN(C#N)C=O.N. The number of carbonyl (C=O) groups excluding carboxylic acids is 1. The molecule has 0 aliphatic carbocycles. The van der Waals surface area contributed by atoms with Crippen LogP contribution in [-0.2, 0) is 4.79 Å². The van der Waals surface area contributed by atoms with Gasteiger partial charge in [0.25, 0.3) is 0 Å². The topological polar surface area (TPSA) is 79.1 Å². The number of hydrogen-bond donors (Lipinski definition) is 1. The smallest absolute Gasteiger partial charge is 0.222 e. The number of nitriles is 1. The number of carbonyl (C=O) groups is 1. The van der Waals surface area contributed by atoms with Crippen molar-refractivity contribution >= 4 is 6.41 Å². The maximum atomic E-state index is 9.98. The highest BCUT2D eigenvalue weighted by Gasteiger charge is 2.00. The van der Waals surface area contributed by atoms with Crippen LogP contribution < -0.4 is 6.15 Å². The van der Waals surface area contributed by atoms with Gasteiger partial charge in [-0.3, -0.25) is 9.69 Å². The fourth-order valence-corrected chi connectivity index (χ4v) is 0.501. The molecule has 1 amide bonds. The van der Waals surface area contributed by atoms with E-state index in [2.05, 4.69) is 0 Å². The number of nitrogens with zero attached hydrogens (tertiary/aromatic N) is 2. The first-order valence-corrected chi connectivity index (χ1v) is 2.82. The van der Waals surface area contributed by atoms with Crippen LogP contribution in [-0.4, -0.2) is 17.9 Å². The number of rotatable bonds is 3. The Morgan fingerprint density at radius 2 is 2.20 bits per heavy atom. The van der Waals surface area contributed by atoms with E-state index in [9.17, 15) is 4.79 Å². The van der Waals surface area contributed by atoms with Crippen molar-refractivity contribution in [2.45, 2.75) is 13.8 Å². The van der Waals surface area contributed by atoms with Gasteiger partial charge in [0.2, 0.25) is 6.41 Å². The molecule has 0 aliphatic heterocycles. The van der Waals surface area contributed by atoms with Crippen molar-refractivity contribution in [1.29, 1.82) is 5.26 Å². The maximum Gasteiger partial charge on any atom is 0.222 e. The average Bonchev–Trinajstić information content (AvgIpc) is 1.82. The lowest BCUT2D eigenvalue weighted by Gasteiger charge is -2.08. The van der Waals surface area contributed by atoms with E-state index in [4.69, 9.17) is 5.26 Å². The van der Waals surface area contributed by atoms with E-state index in [-0.39, 0.29) is 6.15 Å². The van der Waals surface area contributed by atoms with Gasteiger partial charge in [-0.2, -0.15) is 5.26 Å². The molecular weight excluding hydrogens is 130 g/mol. The Kier molecular flexibility index (Phi) is 7.06. The Bertz CT molecular complexity index is 127. The molecule has 0 bridgehead atoms. The molecule has 0 saturated carbocycles. The van der Waals surface area contributed by atoms with Gasteiger partial charge in [0.15, 0.2) is 6.19 Å². The molecule has 0 atom stereocenters. The second-order valence-corrected chi connectivity index (χ2v) is 2.25. The summed E-state index contributed by atoms with van der Waals surface area (Å²) in [4.78, 5) is 11.0. The van der Waals surface area contributed by atoms with E-state index >= 15 is 0 Å². The van der Waals surface area contributed by atoms with Crippen LogP contribution >= 0.6 is 0 Å². The quantitative estimate of drug-likeness (QED) is 0.359. The standard InChI is InChI=1S/C6H10N2O.H3N/c1-6(2)3-8(4-7)5-9;/h5-6H,3H2,1-2H3;1H3. The van der Waals surface area contributed by atoms with Gasteiger partial charge in [0.1, 0.15) is 0 Å². The largest absolute Gasteiger partial charge is 0.344 e. The summed E-state index contributed by atoms with van der Waals surface area (Å²) in [7, 11) is 0. The van der Waals surface area contributed by atoms with Gasteiger partial charge < -0.3 is 6.15 Å². The average molecular weight is 143 g/mol. The molecule has 0 saturated heterocycles. The second kappa shape index (κ2) is 6.05. The van der Waals surface area contributed by atoms with Crippen LogP contribution in [0.1, 0.15) is 13.8 Å². The normalized spacial score (nSPS) is 7.80. The second-order valence-electron chi connectivity index (χ2n) is 2.25. The Balaban J connectivity index is 0. The van der Waals surface area contributed by atoms with Crippen LogP contribution in [0.25, 0.3) is 0 Å². The zero-order valence-corrected chi connectivity index (χ0v) is 6.37. The summed E-state index contributed by atoms with van der Waals surface area (Å²) in [6.07, 6.45) is 2.29. The summed E-state index contributed by atoms with van der Waals surface area (Å²) in [6, 6.07) is 0. The van der Waals surface area contributed by atoms with Crippen LogP contribution in [0.4, 0.5) is 0 Å². The summed E-state index contributed by atoms with van der Waals surface area (Å²) >= 11 is 0. The molecule has 0 aromatic rings. The van der Waals surface area contributed by atoms with Gasteiger partial charge in [-0.25, -0.2) is 0 Å². The van der Waals surface area contributed by atoms with E-state index in [1.54, 1.807) is 6.19 Å².